The highest BCUT2D eigenvalue weighted by molar-refractivity contribution is 7.11. The van der Waals surface area contributed by atoms with Gasteiger partial charge in [-0.05, 0) is 63.8 Å². The van der Waals surface area contributed by atoms with E-state index in [2.05, 4.69) is 87.3 Å². The number of hydrogen-bond donors (Lipinski definition) is 0. The second-order valence-electron chi connectivity index (χ2n) is 6.92. The fourth-order valence-electron chi connectivity index (χ4n) is 3.94. The Hall–Kier alpha value is -1.71. The molecule has 4 heteroatoms. The molecule has 2 aromatic rings. The predicted molar refractivity (Wildman–Crippen MR) is 108 cm³/mol. The molecule has 1 aliphatic heterocycles. The minimum absolute atomic E-state index is 1.26. The van der Waals surface area contributed by atoms with Crippen LogP contribution in [0.3, 0.4) is 0 Å². The summed E-state index contributed by atoms with van der Waals surface area (Å²) in [5.41, 5.74) is 10.3. The van der Waals surface area contributed by atoms with Crippen molar-refractivity contribution in [1.29, 1.82) is 0 Å². The molecule has 0 aromatic heterocycles. The first kappa shape index (κ1) is 17.1. The van der Waals surface area contributed by atoms with Crippen LogP contribution < -0.4 is 9.13 Å². The molecule has 2 nitrogen and oxygen atoms in total. The highest BCUT2D eigenvalue weighted by atomic mass is 35.6. The second kappa shape index (κ2) is 6.30. The van der Waals surface area contributed by atoms with Gasteiger partial charge in [0.05, 0.1) is 0 Å². The zero-order valence-electron chi connectivity index (χ0n) is 15.3. The molecule has 0 atom stereocenters. The van der Waals surface area contributed by atoms with Gasteiger partial charge in [0.15, 0.2) is 0 Å². The summed E-state index contributed by atoms with van der Waals surface area (Å²) in [6.07, 6.45) is 4.29. The summed E-state index contributed by atoms with van der Waals surface area (Å²) in [5, 5.41) is 0. The summed E-state index contributed by atoms with van der Waals surface area (Å²) in [4.78, 5) is 0. The van der Waals surface area contributed by atoms with Gasteiger partial charge < -0.3 is 9.13 Å². The average molecular weight is 357 g/mol. The van der Waals surface area contributed by atoms with E-state index in [0.29, 0.717) is 0 Å². The fourth-order valence-corrected chi connectivity index (χ4v) is 6.86. The summed E-state index contributed by atoms with van der Waals surface area (Å²) >= 11 is 7.01. The third-order valence-electron chi connectivity index (χ3n) is 4.63. The molecule has 3 rings (SSSR count). The van der Waals surface area contributed by atoms with Crippen molar-refractivity contribution in [3.8, 4) is 0 Å². The van der Waals surface area contributed by atoms with Crippen molar-refractivity contribution in [1.82, 2.24) is 0 Å². The molecule has 0 unspecified atom stereocenters. The first-order valence-corrected chi connectivity index (χ1v) is 11.1. The quantitative estimate of drug-likeness (QED) is 0.532. The molecule has 0 saturated carbocycles. The summed E-state index contributed by atoms with van der Waals surface area (Å²) in [5.74, 6) is 0. The number of hydrogen-bond acceptors (Lipinski definition) is 2. The van der Waals surface area contributed by atoms with Crippen LogP contribution >= 0.6 is 11.1 Å². The fraction of sp³-hybridized carbons (Fsp3) is 0.300. The van der Waals surface area contributed by atoms with Crippen molar-refractivity contribution in [2.75, 3.05) is 9.13 Å². The van der Waals surface area contributed by atoms with Gasteiger partial charge in [0.2, 0.25) is 0 Å². The molecule has 0 N–H and O–H groups in total. The van der Waals surface area contributed by atoms with E-state index in [4.69, 9.17) is 11.1 Å². The van der Waals surface area contributed by atoms with Crippen LogP contribution in [0.25, 0.3) is 0 Å². The SMILES string of the molecule is Cc1cc(C)c(N2C=CN(c3c(C)cc(C)cc3C)[SiH]2Cl)c(C)c1. The van der Waals surface area contributed by atoms with Gasteiger partial charge in [0.1, 0.15) is 0 Å². The molecule has 0 bridgehead atoms. The van der Waals surface area contributed by atoms with Crippen LogP contribution in [0.2, 0.25) is 0 Å². The Labute approximate surface area is 151 Å². The average Bonchev–Trinajstić information content (AvgIpc) is 2.79. The normalized spacial score (nSPS) is 14.8. The number of anilines is 2. The maximum absolute atomic E-state index is 7.01. The topological polar surface area (TPSA) is 6.48 Å². The van der Waals surface area contributed by atoms with Gasteiger partial charge in [0, 0.05) is 23.8 Å². The van der Waals surface area contributed by atoms with Gasteiger partial charge in [-0.25, -0.2) is 0 Å². The van der Waals surface area contributed by atoms with Gasteiger partial charge in [-0.3, -0.25) is 0 Å². The van der Waals surface area contributed by atoms with Crippen LogP contribution in [0, 0.1) is 41.5 Å². The monoisotopic (exact) mass is 356 g/mol. The van der Waals surface area contributed by atoms with Crippen LogP contribution in [0.4, 0.5) is 11.4 Å². The Morgan fingerprint density at radius 1 is 0.625 bits per heavy atom. The minimum Gasteiger partial charge on any atom is -0.345 e. The molecule has 0 fully saturated rings. The first-order chi connectivity index (χ1) is 11.3. The first-order valence-electron chi connectivity index (χ1n) is 8.34. The second-order valence-corrected chi connectivity index (χ2v) is 9.82. The molecule has 2 aromatic carbocycles. The number of benzene rings is 2. The zero-order chi connectivity index (χ0) is 17.6. The summed E-state index contributed by atoms with van der Waals surface area (Å²) in [6.45, 7) is 13.0. The molecule has 0 aliphatic carbocycles. The van der Waals surface area contributed by atoms with E-state index in [1.54, 1.807) is 0 Å². The molecule has 0 spiro atoms. The molecule has 1 heterocycles. The number of aryl methyl sites for hydroxylation is 6. The highest BCUT2D eigenvalue weighted by Gasteiger charge is 2.32. The van der Waals surface area contributed by atoms with Crippen LogP contribution in [0.1, 0.15) is 33.4 Å². The van der Waals surface area contributed by atoms with E-state index in [1.165, 1.54) is 44.8 Å². The third-order valence-corrected chi connectivity index (χ3v) is 7.67. The maximum atomic E-state index is 7.01. The van der Waals surface area contributed by atoms with Gasteiger partial charge in [-0.2, -0.15) is 0 Å². The lowest BCUT2D eigenvalue weighted by Gasteiger charge is -2.30. The molecular formula is C20H25ClN2Si. The van der Waals surface area contributed by atoms with Crippen LogP contribution in [-0.2, 0) is 0 Å². The molecule has 24 heavy (non-hydrogen) atoms. The van der Waals surface area contributed by atoms with Crippen molar-refractivity contribution < 1.29 is 0 Å². The molecule has 0 radical (unpaired) electrons. The Morgan fingerprint density at radius 3 is 1.21 bits per heavy atom. The van der Waals surface area contributed by atoms with E-state index in [0.717, 1.165) is 0 Å². The molecule has 1 aliphatic rings. The number of rotatable bonds is 2. The lowest BCUT2D eigenvalue weighted by atomic mass is 10.1. The Bertz CT molecular complexity index is 715. The minimum atomic E-state index is -1.85. The van der Waals surface area contributed by atoms with Crippen molar-refractivity contribution in [2.24, 2.45) is 0 Å². The third kappa shape index (κ3) is 2.87. The molecule has 0 saturated heterocycles. The van der Waals surface area contributed by atoms with Crippen molar-refractivity contribution in [3.63, 3.8) is 0 Å². The van der Waals surface area contributed by atoms with E-state index < -0.39 is 8.43 Å². The van der Waals surface area contributed by atoms with Crippen LogP contribution in [0.15, 0.2) is 36.7 Å². The Morgan fingerprint density at radius 2 is 0.917 bits per heavy atom. The van der Waals surface area contributed by atoms with E-state index in [9.17, 15) is 0 Å². The lowest BCUT2D eigenvalue weighted by molar-refractivity contribution is 1.25. The van der Waals surface area contributed by atoms with E-state index >= 15 is 0 Å². The highest BCUT2D eigenvalue weighted by Crippen LogP contribution is 2.36. The Kier molecular flexibility index (Phi) is 4.50. The smallest absolute Gasteiger partial charge is 0.345 e. The predicted octanol–water partition coefficient (Wildman–Crippen LogP) is 5.29. The summed E-state index contributed by atoms with van der Waals surface area (Å²) in [6, 6.07) is 8.94. The van der Waals surface area contributed by atoms with Gasteiger partial charge in [0.25, 0.3) is 0 Å². The largest absolute Gasteiger partial charge is 0.357 e. The zero-order valence-corrected chi connectivity index (χ0v) is 17.2. The Balaban J connectivity index is 2.01. The van der Waals surface area contributed by atoms with Gasteiger partial charge >= 0.3 is 8.43 Å². The standard InChI is InChI=1S/C20H25ClN2Si/c1-13-9-15(3)19(16(4)10-13)22-7-8-23(24(22)21)20-17(5)11-14(2)12-18(20)6/h7-12,24H,1-6H3. The van der Waals surface area contributed by atoms with E-state index in [-0.39, 0.29) is 0 Å². The van der Waals surface area contributed by atoms with Crippen molar-refractivity contribution in [2.45, 2.75) is 41.5 Å². The van der Waals surface area contributed by atoms with E-state index in [1.807, 2.05) is 0 Å². The molecular weight excluding hydrogens is 332 g/mol. The van der Waals surface area contributed by atoms with Gasteiger partial charge in [-0.15, -0.1) is 11.1 Å². The van der Waals surface area contributed by atoms with Crippen molar-refractivity contribution in [3.05, 3.63) is 70.0 Å². The maximum Gasteiger partial charge on any atom is 0.357 e. The summed E-state index contributed by atoms with van der Waals surface area (Å²) in [7, 11) is -1.85. The number of nitrogens with zero attached hydrogens (tertiary/aromatic N) is 2. The van der Waals surface area contributed by atoms with Crippen LogP contribution in [0.5, 0.6) is 0 Å². The van der Waals surface area contributed by atoms with Crippen LogP contribution in [-0.4, -0.2) is 8.43 Å². The summed E-state index contributed by atoms with van der Waals surface area (Å²) < 4.78 is 4.59. The molecule has 0 amide bonds. The molecule has 126 valence electrons. The van der Waals surface area contributed by atoms with Gasteiger partial charge in [-0.1, -0.05) is 35.4 Å². The lowest BCUT2D eigenvalue weighted by Crippen LogP contribution is -2.40. The van der Waals surface area contributed by atoms with Crippen molar-refractivity contribution >= 4 is 30.9 Å². The number of halogens is 1.